The molecule has 0 bridgehead atoms. The van der Waals surface area contributed by atoms with E-state index in [2.05, 4.69) is 6.92 Å². The van der Waals surface area contributed by atoms with Crippen LogP contribution in [0.15, 0.2) is 27.4 Å². The van der Waals surface area contributed by atoms with Crippen LogP contribution in [-0.2, 0) is 4.74 Å². The molecule has 1 aromatic heterocycles. The van der Waals surface area contributed by atoms with Gasteiger partial charge in [0.25, 0.3) is 0 Å². The number of aliphatic hydroxyl groups is 4. The minimum atomic E-state index is -1.59. The molecule has 5 atom stereocenters. The van der Waals surface area contributed by atoms with Crippen LogP contribution in [-0.4, -0.2) is 68.9 Å². The van der Waals surface area contributed by atoms with Crippen molar-refractivity contribution >= 4 is 11.0 Å². The third-order valence-corrected chi connectivity index (χ3v) is 6.16. The predicted octanol–water partition coefficient (Wildman–Crippen LogP) is 0.635. The Labute approximate surface area is 183 Å². The van der Waals surface area contributed by atoms with Crippen LogP contribution in [0.1, 0.15) is 32.6 Å². The summed E-state index contributed by atoms with van der Waals surface area (Å²) in [5, 5.41) is 50.0. The number of rotatable bonds is 5. The van der Waals surface area contributed by atoms with Crippen molar-refractivity contribution in [2.24, 2.45) is 5.92 Å². The molecule has 32 heavy (non-hydrogen) atoms. The summed E-state index contributed by atoms with van der Waals surface area (Å²) in [5.41, 5.74) is -0.794. The van der Waals surface area contributed by atoms with Gasteiger partial charge in [0.1, 0.15) is 35.7 Å². The Morgan fingerprint density at radius 3 is 2.44 bits per heavy atom. The van der Waals surface area contributed by atoms with E-state index in [4.69, 9.17) is 18.6 Å². The molecular weight excluding hydrogens is 424 g/mol. The smallest absolute Gasteiger partial charge is 0.383 e. The molecule has 176 valence electrons. The van der Waals surface area contributed by atoms with Crippen LogP contribution < -0.4 is 15.1 Å². The maximum Gasteiger partial charge on any atom is 0.383 e. The zero-order chi connectivity index (χ0) is 23.0. The van der Waals surface area contributed by atoms with Gasteiger partial charge in [-0.15, -0.1) is 0 Å². The standard InChI is InChI=1S/C22H28O10/c1-10-2-4-11(5-3-10)29-20-16(24)13-7-6-12(8-14(13)31-21(20)28)30-22-19(27)18(26)17(25)15(9-23)32-22/h6-8,10-11,15,17-19,22-27H,2-5,9H2,1H3/t10?,11?,15-,17+,18+,19-,22-/m1/s1. The van der Waals surface area contributed by atoms with Gasteiger partial charge in [-0.3, -0.25) is 0 Å². The molecule has 10 heteroatoms. The van der Waals surface area contributed by atoms with Crippen LogP contribution in [0, 0.1) is 5.92 Å². The molecule has 0 amide bonds. The van der Waals surface area contributed by atoms with Crippen LogP contribution >= 0.6 is 0 Å². The lowest BCUT2D eigenvalue weighted by Gasteiger charge is -2.39. The molecule has 1 aliphatic carbocycles. The summed E-state index contributed by atoms with van der Waals surface area (Å²) >= 11 is 0. The van der Waals surface area contributed by atoms with E-state index in [1.165, 1.54) is 18.2 Å². The van der Waals surface area contributed by atoms with E-state index in [-0.39, 0.29) is 34.3 Å². The highest BCUT2D eigenvalue weighted by Gasteiger charge is 2.44. The van der Waals surface area contributed by atoms with E-state index >= 15 is 0 Å². The van der Waals surface area contributed by atoms with Gasteiger partial charge in [0.05, 0.1) is 18.1 Å². The normalized spacial score (nSPS) is 33.2. The molecule has 10 nitrogen and oxygen atoms in total. The first-order valence-electron chi connectivity index (χ1n) is 10.7. The molecule has 1 aliphatic heterocycles. The van der Waals surface area contributed by atoms with Gasteiger partial charge in [-0.25, -0.2) is 4.79 Å². The van der Waals surface area contributed by atoms with Crippen LogP contribution in [0.25, 0.3) is 11.0 Å². The fraction of sp³-hybridized carbons (Fsp3) is 0.591. The molecule has 2 fully saturated rings. The van der Waals surface area contributed by atoms with Crippen molar-refractivity contribution in [1.29, 1.82) is 0 Å². The van der Waals surface area contributed by atoms with E-state index in [0.29, 0.717) is 5.92 Å². The van der Waals surface area contributed by atoms with E-state index in [1.807, 2.05) is 0 Å². The Bertz CT molecular complexity index is 994. The molecule has 0 unspecified atom stereocenters. The third kappa shape index (κ3) is 4.41. The topological polar surface area (TPSA) is 159 Å². The van der Waals surface area contributed by atoms with Crippen molar-refractivity contribution in [2.45, 2.75) is 69.4 Å². The molecule has 0 radical (unpaired) electrons. The fourth-order valence-electron chi connectivity index (χ4n) is 4.14. The molecule has 2 heterocycles. The summed E-state index contributed by atoms with van der Waals surface area (Å²) in [6.45, 7) is 1.58. The monoisotopic (exact) mass is 452 g/mol. The van der Waals surface area contributed by atoms with Gasteiger partial charge >= 0.3 is 5.63 Å². The van der Waals surface area contributed by atoms with Crippen LogP contribution in [0.2, 0.25) is 0 Å². The maximum absolute atomic E-state index is 12.5. The Morgan fingerprint density at radius 2 is 1.75 bits per heavy atom. The summed E-state index contributed by atoms with van der Waals surface area (Å²) < 4.78 is 21.9. The molecule has 2 aliphatic rings. The maximum atomic E-state index is 12.5. The zero-order valence-electron chi connectivity index (χ0n) is 17.6. The molecule has 0 spiro atoms. The lowest BCUT2D eigenvalue weighted by atomic mass is 9.89. The van der Waals surface area contributed by atoms with Crippen molar-refractivity contribution in [1.82, 2.24) is 0 Å². The highest BCUT2D eigenvalue weighted by atomic mass is 16.7. The Hall–Kier alpha value is -2.37. The van der Waals surface area contributed by atoms with Crippen LogP contribution in [0.4, 0.5) is 0 Å². The number of hydrogen-bond acceptors (Lipinski definition) is 10. The quantitative estimate of drug-likeness (QED) is 0.407. The summed E-state index contributed by atoms with van der Waals surface area (Å²) in [4.78, 5) is 12.5. The van der Waals surface area contributed by atoms with E-state index in [0.717, 1.165) is 25.7 Å². The lowest BCUT2D eigenvalue weighted by molar-refractivity contribution is -0.277. The number of aromatic hydroxyl groups is 1. The molecule has 1 saturated heterocycles. The second-order valence-electron chi connectivity index (χ2n) is 8.54. The van der Waals surface area contributed by atoms with Crippen molar-refractivity contribution in [3.63, 3.8) is 0 Å². The second-order valence-corrected chi connectivity index (χ2v) is 8.54. The van der Waals surface area contributed by atoms with Crippen molar-refractivity contribution in [3.05, 3.63) is 28.6 Å². The lowest BCUT2D eigenvalue weighted by Crippen LogP contribution is -2.60. The number of hydrogen-bond donors (Lipinski definition) is 5. The van der Waals surface area contributed by atoms with Gasteiger partial charge < -0.3 is 44.2 Å². The minimum absolute atomic E-state index is 0.0270. The minimum Gasteiger partial charge on any atom is -0.504 e. The highest BCUT2D eigenvalue weighted by molar-refractivity contribution is 5.86. The summed E-state index contributed by atoms with van der Waals surface area (Å²) in [6, 6.07) is 4.24. The number of aliphatic hydroxyl groups excluding tert-OH is 4. The molecular formula is C22H28O10. The first-order chi connectivity index (χ1) is 15.3. The zero-order valence-corrected chi connectivity index (χ0v) is 17.6. The fourth-order valence-corrected chi connectivity index (χ4v) is 4.14. The first-order valence-corrected chi connectivity index (χ1v) is 10.7. The molecule has 1 saturated carbocycles. The van der Waals surface area contributed by atoms with Gasteiger partial charge in [-0.2, -0.15) is 0 Å². The Kier molecular flexibility index (Phi) is 6.59. The molecule has 2 aromatic rings. The molecule has 4 rings (SSSR count). The van der Waals surface area contributed by atoms with Crippen molar-refractivity contribution < 1.29 is 44.2 Å². The highest BCUT2D eigenvalue weighted by Crippen LogP contribution is 2.36. The third-order valence-electron chi connectivity index (χ3n) is 6.16. The van der Waals surface area contributed by atoms with Gasteiger partial charge in [0, 0.05) is 6.07 Å². The molecule has 1 aromatic carbocycles. The van der Waals surface area contributed by atoms with Gasteiger partial charge in [0.15, 0.2) is 5.75 Å². The summed E-state index contributed by atoms with van der Waals surface area (Å²) in [5.74, 6) is 0.173. The average molecular weight is 452 g/mol. The molecule has 5 N–H and O–H groups in total. The van der Waals surface area contributed by atoms with E-state index in [9.17, 15) is 30.3 Å². The Balaban J connectivity index is 1.55. The number of benzene rings is 1. The number of fused-ring (bicyclic) bond motifs is 1. The van der Waals surface area contributed by atoms with Gasteiger partial charge in [0.2, 0.25) is 12.0 Å². The van der Waals surface area contributed by atoms with Gasteiger partial charge in [-0.1, -0.05) is 6.92 Å². The largest absolute Gasteiger partial charge is 0.504 e. The van der Waals surface area contributed by atoms with Crippen molar-refractivity contribution in [3.8, 4) is 17.2 Å². The van der Waals surface area contributed by atoms with Crippen LogP contribution in [0.3, 0.4) is 0 Å². The van der Waals surface area contributed by atoms with E-state index in [1.54, 1.807) is 0 Å². The van der Waals surface area contributed by atoms with Gasteiger partial charge in [-0.05, 0) is 43.7 Å². The second kappa shape index (κ2) is 9.24. The summed E-state index contributed by atoms with van der Waals surface area (Å²) in [7, 11) is 0. The SMILES string of the molecule is CC1CCC(Oc2c(O)c3ccc(O[C@@H]4O[C@H](CO)[C@H](O)[C@H](O)[C@H]4O)cc3oc2=O)CC1. The Morgan fingerprint density at radius 1 is 1.03 bits per heavy atom. The average Bonchev–Trinajstić information content (AvgIpc) is 2.78. The van der Waals surface area contributed by atoms with E-state index < -0.39 is 42.9 Å². The predicted molar refractivity (Wildman–Crippen MR) is 111 cm³/mol. The van der Waals surface area contributed by atoms with Crippen molar-refractivity contribution in [2.75, 3.05) is 6.61 Å². The van der Waals surface area contributed by atoms with Crippen LogP contribution in [0.5, 0.6) is 17.2 Å². The summed E-state index contributed by atoms with van der Waals surface area (Å²) in [6.07, 6.45) is -3.78. The first kappa shape index (κ1) is 22.8. The number of ether oxygens (including phenoxy) is 3.